The molecule has 0 N–H and O–H groups in total. The molecule has 0 aromatic heterocycles. The summed E-state index contributed by atoms with van der Waals surface area (Å²) in [6, 6.07) is 49.6. The molecule has 0 amide bonds. The Kier molecular flexibility index (Phi) is 4.49. The van der Waals surface area contributed by atoms with Gasteiger partial charge in [0.05, 0.1) is 0 Å². The molecular formula is C41H28. The molecule has 0 spiro atoms. The van der Waals surface area contributed by atoms with Gasteiger partial charge in [0, 0.05) is 5.41 Å². The summed E-state index contributed by atoms with van der Waals surface area (Å²) in [5, 5.41) is 13.4. The molecule has 0 bridgehead atoms. The number of rotatable bonds is 1. The number of benzene rings is 8. The fraction of sp³-hybridized carbons (Fsp3) is 0.0732. The van der Waals surface area contributed by atoms with Crippen LogP contribution in [0.3, 0.4) is 0 Å². The van der Waals surface area contributed by atoms with E-state index in [1.54, 1.807) is 0 Å². The van der Waals surface area contributed by atoms with Crippen molar-refractivity contribution in [2.45, 2.75) is 19.3 Å². The third kappa shape index (κ3) is 2.95. The number of hydrogen-bond acceptors (Lipinski definition) is 0. The third-order valence-corrected chi connectivity index (χ3v) is 9.59. The minimum absolute atomic E-state index is 0.168. The molecule has 0 unspecified atom stereocenters. The van der Waals surface area contributed by atoms with E-state index in [9.17, 15) is 0 Å². The normalized spacial score (nSPS) is 13.8. The van der Waals surface area contributed by atoms with Gasteiger partial charge >= 0.3 is 0 Å². The first-order valence-corrected chi connectivity index (χ1v) is 14.5. The smallest absolute Gasteiger partial charge is 0.0165 e. The van der Waals surface area contributed by atoms with E-state index in [0.717, 1.165) is 0 Å². The van der Waals surface area contributed by atoms with Crippen LogP contribution in [0.15, 0.2) is 133 Å². The Balaban J connectivity index is 1.46. The third-order valence-electron chi connectivity index (χ3n) is 9.59. The largest absolute Gasteiger partial charge is 0.0616 e. The number of hydrogen-bond donors (Lipinski definition) is 0. The van der Waals surface area contributed by atoms with Gasteiger partial charge in [-0.05, 0) is 93.3 Å². The second-order valence-electron chi connectivity index (χ2n) is 12.0. The Morgan fingerprint density at radius 3 is 1.66 bits per heavy atom. The molecule has 0 saturated carbocycles. The van der Waals surface area contributed by atoms with Gasteiger partial charge in [0.15, 0.2) is 0 Å². The van der Waals surface area contributed by atoms with E-state index in [4.69, 9.17) is 0 Å². The highest BCUT2D eigenvalue weighted by Gasteiger charge is 2.39. The van der Waals surface area contributed by atoms with Crippen LogP contribution in [-0.4, -0.2) is 0 Å². The lowest BCUT2D eigenvalue weighted by Gasteiger charge is -2.26. The van der Waals surface area contributed by atoms with Gasteiger partial charge in [0.2, 0.25) is 0 Å². The van der Waals surface area contributed by atoms with E-state index in [0.29, 0.717) is 0 Å². The fourth-order valence-corrected chi connectivity index (χ4v) is 7.82. The molecule has 0 saturated heterocycles. The second-order valence-corrected chi connectivity index (χ2v) is 12.0. The highest BCUT2D eigenvalue weighted by Crippen LogP contribution is 2.57. The zero-order valence-electron chi connectivity index (χ0n) is 23.2. The Hall–Kier alpha value is -4.94. The molecule has 0 heteroatoms. The summed E-state index contributed by atoms with van der Waals surface area (Å²) in [7, 11) is 0. The Morgan fingerprint density at radius 1 is 0.415 bits per heavy atom. The van der Waals surface area contributed by atoms with E-state index >= 15 is 0 Å². The van der Waals surface area contributed by atoms with Crippen molar-refractivity contribution in [3.63, 3.8) is 0 Å². The topological polar surface area (TPSA) is 0 Å². The van der Waals surface area contributed by atoms with Gasteiger partial charge in [0.25, 0.3) is 0 Å². The maximum atomic E-state index is 2.47. The zero-order chi connectivity index (χ0) is 27.3. The molecule has 9 rings (SSSR count). The van der Waals surface area contributed by atoms with E-state index in [2.05, 4.69) is 147 Å². The minimum Gasteiger partial charge on any atom is -0.0616 e. The molecular weight excluding hydrogens is 492 g/mol. The van der Waals surface area contributed by atoms with Gasteiger partial charge in [-0.15, -0.1) is 0 Å². The lowest BCUT2D eigenvalue weighted by Crippen LogP contribution is -2.16. The second kappa shape index (κ2) is 8.05. The predicted molar refractivity (Wildman–Crippen MR) is 177 cm³/mol. The SMILES string of the molecule is CC1(C)c2cc(-c3cccc4ccccc34)ccc2-c2c1c1c3ccccc3c3ccccc3c1c1ccccc21. The van der Waals surface area contributed by atoms with Crippen LogP contribution in [-0.2, 0) is 5.41 Å². The Morgan fingerprint density at radius 2 is 0.951 bits per heavy atom. The van der Waals surface area contributed by atoms with Crippen LogP contribution >= 0.6 is 0 Å². The van der Waals surface area contributed by atoms with Gasteiger partial charge in [-0.25, -0.2) is 0 Å². The van der Waals surface area contributed by atoms with Gasteiger partial charge < -0.3 is 0 Å². The lowest BCUT2D eigenvalue weighted by atomic mass is 9.77. The molecule has 0 heterocycles. The van der Waals surface area contributed by atoms with Gasteiger partial charge in [0.1, 0.15) is 0 Å². The van der Waals surface area contributed by atoms with Gasteiger partial charge in [-0.1, -0.05) is 141 Å². The average molecular weight is 521 g/mol. The minimum atomic E-state index is -0.168. The van der Waals surface area contributed by atoms with Crippen molar-refractivity contribution >= 4 is 53.9 Å². The Bertz CT molecular complexity index is 2380. The maximum Gasteiger partial charge on any atom is 0.0165 e. The van der Waals surface area contributed by atoms with Crippen molar-refractivity contribution in [2.24, 2.45) is 0 Å². The molecule has 1 aliphatic rings. The van der Waals surface area contributed by atoms with Crippen molar-refractivity contribution in [2.75, 3.05) is 0 Å². The van der Waals surface area contributed by atoms with E-state index in [1.165, 1.54) is 87.2 Å². The van der Waals surface area contributed by atoms with Crippen LogP contribution in [0.4, 0.5) is 0 Å². The van der Waals surface area contributed by atoms with Crippen molar-refractivity contribution in [3.8, 4) is 22.3 Å². The highest BCUT2D eigenvalue weighted by atomic mass is 14.4. The molecule has 0 aliphatic heterocycles. The molecule has 8 aromatic rings. The summed E-state index contributed by atoms with van der Waals surface area (Å²) in [4.78, 5) is 0. The first-order chi connectivity index (χ1) is 20.1. The molecule has 192 valence electrons. The van der Waals surface area contributed by atoms with E-state index < -0.39 is 0 Å². The maximum absolute atomic E-state index is 2.47. The van der Waals surface area contributed by atoms with Crippen LogP contribution < -0.4 is 0 Å². The molecule has 0 radical (unpaired) electrons. The van der Waals surface area contributed by atoms with Gasteiger partial charge in [-0.2, -0.15) is 0 Å². The Labute approximate surface area is 239 Å². The fourth-order valence-electron chi connectivity index (χ4n) is 7.82. The summed E-state index contributed by atoms with van der Waals surface area (Å²) in [5.74, 6) is 0. The quantitative estimate of drug-likeness (QED) is 0.189. The van der Waals surface area contributed by atoms with Crippen LogP contribution in [0, 0.1) is 0 Å². The van der Waals surface area contributed by atoms with Crippen LogP contribution in [0.1, 0.15) is 25.0 Å². The predicted octanol–water partition coefficient (Wildman–Crippen LogP) is 11.4. The van der Waals surface area contributed by atoms with E-state index in [-0.39, 0.29) is 5.41 Å². The highest BCUT2D eigenvalue weighted by molar-refractivity contribution is 6.35. The first kappa shape index (κ1) is 22.8. The van der Waals surface area contributed by atoms with Crippen LogP contribution in [0.25, 0.3) is 76.1 Å². The van der Waals surface area contributed by atoms with E-state index in [1.807, 2.05) is 0 Å². The zero-order valence-corrected chi connectivity index (χ0v) is 23.2. The van der Waals surface area contributed by atoms with Crippen LogP contribution in [0.2, 0.25) is 0 Å². The average Bonchev–Trinajstić information content (AvgIpc) is 3.27. The van der Waals surface area contributed by atoms with Crippen molar-refractivity contribution < 1.29 is 0 Å². The molecule has 0 fully saturated rings. The van der Waals surface area contributed by atoms with Crippen LogP contribution in [0.5, 0.6) is 0 Å². The van der Waals surface area contributed by atoms with Crippen molar-refractivity contribution in [1.29, 1.82) is 0 Å². The molecule has 0 atom stereocenters. The van der Waals surface area contributed by atoms with Crippen molar-refractivity contribution in [1.82, 2.24) is 0 Å². The lowest BCUT2D eigenvalue weighted by molar-refractivity contribution is 0.667. The summed E-state index contributed by atoms with van der Waals surface area (Å²) in [6.45, 7) is 4.87. The summed E-state index contributed by atoms with van der Waals surface area (Å²) in [6.07, 6.45) is 0. The van der Waals surface area contributed by atoms with Crippen molar-refractivity contribution in [3.05, 3.63) is 145 Å². The molecule has 1 aliphatic carbocycles. The first-order valence-electron chi connectivity index (χ1n) is 14.5. The molecule has 41 heavy (non-hydrogen) atoms. The summed E-state index contributed by atoms with van der Waals surface area (Å²) >= 11 is 0. The monoisotopic (exact) mass is 520 g/mol. The van der Waals surface area contributed by atoms with Gasteiger partial charge in [-0.3, -0.25) is 0 Å². The molecule has 8 aromatic carbocycles. The number of fused-ring (bicyclic) bond motifs is 14. The standard InChI is InChI=1S/C41H28/c1-41(2)36-24-26(28-21-11-13-25-12-3-4-14-27(25)28)22-23-35(36)38-34-20-10-9-19-33(34)37-31-17-7-5-15-29(31)30-16-6-8-18-32(30)39(37)40(38)41/h3-24H,1-2H3. The summed E-state index contributed by atoms with van der Waals surface area (Å²) < 4.78 is 0. The summed E-state index contributed by atoms with van der Waals surface area (Å²) in [5.41, 5.74) is 8.04. The molecule has 0 nitrogen and oxygen atoms in total.